The quantitative estimate of drug-likeness (QED) is 0.944. The molecule has 4 rings (SSSR count). The molecular weight excluding hydrogens is 298 g/mol. The number of benzene rings is 1. The number of likely N-dealkylation sites (tertiary alicyclic amines) is 1. The van der Waals surface area contributed by atoms with Crippen LogP contribution in [0.25, 0.3) is 11.3 Å². The van der Waals surface area contributed by atoms with Gasteiger partial charge < -0.3 is 9.84 Å². The summed E-state index contributed by atoms with van der Waals surface area (Å²) >= 11 is 0. The van der Waals surface area contributed by atoms with Crippen LogP contribution in [0.15, 0.2) is 40.9 Å². The topological polar surface area (TPSA) is 41.3 Å². The molecule has 2 aliphatic heterocycles. The van der Waals surface area contributed by atoms with Gasteiger partial charge >= 0.3 is 0 Å². The van der Waals surface area contributed by atoms with Gasteiger partial charge in [0.2, 0.25) is 0 Å². The van der Waals surface area contributed by atoms with Crippen LogP contribution in [0.5, 0.6) is 0 Å². The van der Waals surface area contributed by atoms with Crippen molar-refractivity contribution in [3.05, 3.63) is 42.2 Å². The third-order valence-electron chi connectivity index (χ3n) is 4.75. The molecule has 2 aromatic rings. The number of hydrogen-bond acceptors (Lipinski definition) is 4. The first-order valence-electron chi connectivity index (χ1n) is 7.85. The molecule has 1 aromatic carbocycles. The molecule has 2 aliphatic rings. The SMILES string of the molecule is Cl.c1ccc(-c2cc(CN3CCC4NCCC4C3)on2)cc1. The molecule has 3 heterocycles. The van der Waals surface area contributed by atoms with Gasteiger partial charge in [-0.3, -0.25) is 4.90 Å². The predicted octanol–water partition coefficient (Wildman–Crippen LogP) is 2.95. The van der Waals surface area contributed by atoms with Crippen molar-refractivity contribution < 1.29 is 4.52 Å². The summed E-state index contributed by atoms with van der Waals surface area (Å²) in [6, 6.07) is 13.0. The number of aromatic nitrogens is 1. The highest BCUT2D eigenvalue weighted by Crippen LogP contribution is 2.26. The molecule has 0 aliphatic carbocycles. The molecule has 4 nitrogen and oxygen atoms in total. The average molecular weight is 320 g/mol. The maximum absolute atomic E-state index is 5.53. The number of halogens is 1. The number of piperidine rings is 1. The Balaban J connectivity index is 0.00000144. The lowest BCUT2D eigenvalue weighted by Crippen LogP contribution is -2.43. The van der Waals surface area contributed by atoms with Crippen molar-refractivity contribution in [3.8, 4) is 11.3 Å². The van der Waals surface area contributed by atoms with E-state index in [2.05, 4.69) is 33.6 Å². The van der Waals surface area contributed by atoms with E-state index in [1.807, 2.05) is 18.2 Å². The summed E-state index contributed by atoms with van der Waals surface area (Å²) in [6.45, 7) is 4.39. The molecule has 22 heavy (non-hydrogen) atoms. The molecule has 0 bridgehead atoms. The second-order valence-corrected chi connectivity index (χ2v) is 6.18. The van der Waals surface area contributed by atoms with Gasteiger partial charge in [0.15, 0.2) is 5.76 Å². The van der Waals surface area contributed by atoms with Crippen molar-refractivity contribution in [2.45, 2.75) is 25.4 Å². The van der Waals surface area contributed by atoms with Crippen LogP contribution in [0.2, 0.25) is 0 Å². The number of rotatable bonds is 3. The first kappa shape index (κ1) is 15.5. The van der Waals surface area contributed by atoms with E-state index in [4.69, 9.17) is 4.52 Å². The minimum atomic E-state index is 0. The first-order chi connectivity index (χ1) is 10.4. The highest BCUT2D eigenvalue weighted by molar-refractivity contribution is 5.85. The molecule has 0 amide bonds. The summed E-state index contributed by atoms with van der Waals surface area (Å²) in [4.78, 5) is 2.50. The monoisotopic (exact) mass is 319 g/mol. The molecule has 5 heteroatoms. The smallest absolute Gasteiger partial charge is 0.151 e. The van der Waals surface area contributed by atoms with E-state index >= 15 is 0 Å². The largest absolute Gasteiger partial charge is 0.359 e. The summed E-state index contributed by atoms with van der Waals surface area (Å²) in [5.41, 5.74) is 2.05. The molecule has 2 saturated heterocycles. The van der Waals surface area contributed by atoms with Crippen molar-refractivity contribution >= 4 is 12.4 Å². The van der Waals surface area contributed by atoms with E-state index < -0.39 is 0 Å². The molecule has 1 aromatic heterocycles. The van der Waals surface area contributed by atoms with Gasteiger partial charge in [-0.15, -0.1) is 12.4 Å². The zero-order valence-corrected chi connectivity index (χ0v) is 13.4. The van der Waals surface area contributed by atoms with E-state index in [0.717, 1.165) is 42.1 Å². The van der Waals surface area contributed by atoms with Crippen LogP contribution in [0, 0.1) is 5.92 Å². The van der Waals surface area contributed by atoms with Gasteiger partial charge in [-0.1, -0.05) is 35.5 Å². The molecule has 0 radical (unpaired) electrons. The van der Waals surface area contributed by atoms with Crippen LogP contribution in [0.3, 0.4) is 0 Å². The van der Waals surface area contributed by atoms with Crippen molar-refractivity contribution in [1.29, 1.82) is 0 Å². The van der Waals surface area contributed by atoms with E-state index in [1.165, 1.54) is 25.9 Å². The fourth-order valence-electron chi connectivity index (χ4n) is 3.62. The summed E-state index contributed by atoms with van der Waals surface area (Å²) in [6.07, 6.45) is 2.57. The summed E-state index contributed by atoms with van der Waals surface area (Å²) < 4.78 is 5.53. The predicted molar refractivity (Wildman–Crippen MR) is 89.0 cm³/mol. The van der Waals surface area contributed by atoms with E-state index in [1.54, 1.807) is 0 Å². The third kappa shape index (κ3) is 3.19. The number of hydrogen-bond donors (Lipinski definition) is 1. The maximum atomic E-state index is 5.53. The van der Waals surface area contributed by atoms with Crippen LogP contribution in [-0.4, -0.2) is 35.7 Å². The lowest BCUT2D eigenvalue weighted by atomic mass is 9.93. The molecule has 2 fully saturated rings. The molecule has 2 atom stereocenters. The second kappa shape index (κ2) is 6.82. The fourth-order valence-corrected chi connectivity index (χ4v) is 3.62. The lowest BCUT2D eigenvalue weighted by Gasteiger charge is -2.34. The maximum Gasteiger partial charge on any atom is 0.151 e. The van der Waals surface area contributed by atoms with Gasteiger partial charge in [0.05, 0.1) is 6.54 Å². The van der Waals surface area contributed by atoms with Crippen LogP contribution in [0.1, 0.15) is 18.6 Å². The Kier molecular flexibility index (Phi) is 4.81. The van der Waals surface area contributed by atoms with E-state index in [0.29, 0.717) is 0 Å². The Bertz CT molecular complexity index is 601. The van der Waals surface area contributed by atoms with Gasteiger partial charge in [-0.25, -0.2) is 0 Å². The van der Waals surface area contributed by atoms with Crippen LogP contribution >= 0.6 is 12.4 Å². The van der Waals surface area contributed by atoms with Crippen LogP contribution in [-0.2, 0) is 6.54 Å². The summed E-state index contributed by atoms with van der Waals surface area (Å²) in [7, 11) is 0. The highest BCUT2D eigenvalue weighted by Gasteiger charge is 2.32. The minimum absolute atomic E-state index is 0. The Morgan fingerprint density at radius 1 is 1.23 bits per heavy atom. The Morgan fingerprint density at radius 3 is 2.95 bits per heavy atom. The molecule has 118 valence electrons. The lowest BCUT2D eigenvalue weighted by molar-refractivity contribution is 0.143. The normalized spacial score (nSPS) is 24.7. The van der Waals surface area contributed by atoms with Gasteiger partial charge in [-0.2, -0.15) is 0 Å². The summed E-state index contributed by atoms with van der Waals surface area (Å²) in [5, 5.41) is 7.81. The molecule has 0 saturated carbocycles. The van der Waals surface area contributed by atoms with Gasteiger partial charge in [0.1, 0.15) is 5.69 Å². The Labute approximate surface area is 137 Å². The summed E-state index contributed by atoms with van der Waals surface area (Å²) in [5.74, 6) is 1.79. The van der Waals surface area contributed by atoms with E-state index in [9.17, 15) is 0 Å². The average Bonchev–Trinajstić information content (AvgIpc) is 3.17. The van der Waals surface area contributed by atoms with Gasteiger partial charge in [0, 0.05) is 30.8 Å². The Morgan fingerprint density at radius 2 is 2.09 bits per heavy atom. The van der Waals surface area contributed by atoms with Crippen molar-refractivity contribution in [2.24, 2.45) is 5.92 Å². The van der Waals surface area contributed by atoms with Crippen molar-refractivity contribution in [3.63, 3.8) is 0 Å². The minimum Gasteiger partial charge on any atom is -0.359 e. The van der Waals surface area contributed by atoms with Gasteiger partial charge in [-0.05, 0) is 25.3 Å². The van der Waals surface area contributed by atoms with Crippen molar-refractivity contribution in [1.82, 2.24) is 15.4 Å². The van der Waals surface area contributed by atoms with Crippen molar-refractivity contribution in [2.75, 3.05) is 19.6 Å². The number of nitrogens with zero attached hydrogens (tertiary/aromatic N) is 2. The number of nitrogens with one attached hydrogen (secondary N) is 1. The molecular formula is C17H22ClN3O. The standard InChI is InChI=1S/C17H21N3O.ClH/c1-2-4-13(5-3-1)17-10-15(21-19-17)12-20-9-7-16-14(11-20)6-8-18-16;/h1-5,10,14,16,18H,6-9,11-12H2;1H. The van der Waals surface area contributed by atoms with Crippen LogP contribution < -0.4 is 5.32 Å². The molecule has 0 spiro atoms. The second-order valence-electron chi connectivity index (χ2n) is 6.18. The Hall–Kier alpha value is -1.36. The highest BCUT2D eigenvalue weighted by atomic mass is 35.5. The third-order valence-corrected chi connectivity index (χ3v) is 4.75. The van der Waals surface area contributed by atoms with Gasteiger partial charge in [0.25, 0.3) is 0 Å². The van der Waals surface area contributed by atoms with E-state index in [-0.39, 0.29) is 12.4 Å². The first-order valence-corrected chi connectivity index (χ1v) is 7.85. The molecule has 2 unspecified atom stereocenters. The molecule has 1 N–H and O–H groups in total. The zero-order valence-electron chi connectivity index (χ0n) is 12.6. The number of fused-ring (bicyclic) bond motifs is 1. The zero-order chi connectivity index (χ0) is 14.1. The van der Waals surface area contributed by atoms with Crippen LogP contribution in [0.4, 0.5) is 0 Å². The fraction of sp³-hybridized carbons (Fsp3) is 0.471.